The van der Waals surface area contributed by atoms with Crippen LogP contribution >= 0.6 is 0 Å². The molecule has 0 N–H and O–H groups in total. The van der Waals surface area contributed by atoms with Gasteiger partial charge in [-0.15, -0.1) is 0 Å². The Balaban J connectivity index is 0.000000239. The van der Waals surface area contributed by atoms with Crippen LogP contribution in [0.4, 0.5) is 0 Å². The molecule has 10 radical (unpaired) electrons. The molecule has 92 valence electrons. The summed E-state index contributed by atoms with van der Waals surface area (Å²) >= 11 is 0. The average molecular weight is 316 g/mol. The Morgan fingerprint density at radius 1 is 0.889 bits per heavy atom. The molecule has 3 saturated carbocycles. The molecule has 3 aliphatic carbocycles. The number of hydrogen-bond acceptors (Lipinski definition) is 0. The average Bonchev–Trinajstić information content (AvgIpc) is 2.90. The van der Waals surface area contributed by atoms with Crippen LogP contribution in [-0.4, -0.2) is 0 Å². The van der Waals surface area contributed by atoms with Crippen molar-refractivity contribution in [3.8, 4) is 0 Å². The van der Waals surface area contributed by atoms with Crippen molar-refractivity contribution in [1.82, 2.24) is 0 Å². The zero-order chi connectivity index (χ0) is 12.3. The first-order valence-corrected chi connectivity index (χ1v) is 6.02. The van der Waals surface area contributed by atoms with Gasteiger partial charge in [0, 0.05) is 0 Å². The smallest absolute Gasteiger partial charge is 0.503 e. The SMILES string of the molecule is C[C-]=C(C)C1[CH-]C1.[CH]1[CH][CH][CH][CH]1.[CH]1[CH][CH][CH][CH]1.[Zr+2]. The van der Waals surface area contributed by atoms with Crippen LogP contribution in [0.3, 0.4) is 0 Å². The van der Waals surface area contributed by atoms with Crippen LogP contribution < -0.4 is 0 Å². The predicted molar refractivity (Wildman–Crippen MR) is 73.5 cm³/mol. The van der Waals surface area contributed by atoms with Gasteiger partial charge >= 0.3 is 26.2 Å². The third-order valence-corrected chi connectivity index (χ3v) is 2.53. The van der Waals surface area contributed by atoms with Crippen molar-refractivity contribution in [3.05, 3.63) is 82.3 Å². The molecule has 0 aliphatic heterocycles. The van der Waals surface area contributed by atoms with Gasteiger partial charge in [0.1, 0.15) is 0 Å². The van der Waals surface area contributed by atoms with E-state index in [1.807, 2.05) is 71.1 Å². The Bertz CT molecular complexity index is 170. The summed E-state index contributed by atoms with van der Waals surface area (Å²) in [6.07, 6.45) is 26.7. The van der Waals surface area contributed by atoms with Gasteiger partial charge in [-0.25, -0.2) is 12.3 Å². The first kappa shape index (κ1) is 18.6. The minimum absolute atomic E-state index is 0. The molecule has 1 atom stereocenters. The molecule has 0 aromatic heterocycles. The number of rotatable bonds is 1. The Hall–Kier alpha value is 0.623. The van der Waals surface area contributed by atoms with E-state index in [0.717, 1.165) is 5.92 Å². The second-order valence-electron chi connectivity index (χ2n) is 3.94. The molecule has 0 saturated heterocycles. The first-order chi connectivity index (χ1) is 8.34. The molecule has 0 spiro atoms. The zero-order valence-electron chi connectivity index (χ0n) is 11.1. The van der Waals surface area contributed by atoms with Gasteiger partial charge in [-0.2, -0.15) is 6.92 Å². The van der Waals surface area contributed by atoms with Crippen LogP contribution in [0.5, 0.6) is 0 Å². The summed E-state index contributed by atoms with van der Waals surface area (Å²) in [6.45, 7) is 4.11. The van der Waals surface area contributed by atoms with Crippen molar-refractivity contribution in [1.29, 1.82) is 0 Å². The van der Waals surface area contributed by atoms with Crippen molar-refractivity contribution in [3.63, 3.8) is 0 Å². The van der Waals surface area contributed by atoms with E-state index in [1.54, 1.807) is 0 Å². The van der Waals surface area contributed by atoms with E-state index in [1.165, 1.54) is 12.0 Å². The topological polar surface area (TPSA) is 0 Å². The van der Waals surface area contributed by atoms with E-state index in [4.69, 9.17) is 0 Å². The Kier molecular flexibility index (Phi) is 13.1. The monoisotopic (exact) mass is 314 g/mol. The summed E-state index contributed by atoms with van der Waals surface area (Å²) in [6, 6.07) is 0. The normalized spacial score (nSPS) is 25.2. The van der Waals surface area contributed by atoms with E-state index < -0.39 is 0 Å². The predicted octanol–water partition coefficient (Wildman–Crippen LogP) is 4.02. The first-order valence-electron chi connectivity index (χ1n) is 6.02. The molecule has 1 unspecified atom stereocenters. The van der Waals surface area contributed by atoms with Crippen molar-refractivity contribution in [2.45, 2.75) is 20.3 Å². The molecule has 3 rings (SSSR count). The fourth-order valence-corrected chi connectivity index (χ4v) is 1.25. The van der Waals surface area contributed by atoms with Gasteiger partial charge < -0.3 is 12.5 Å². The van der Waals surface area contributed by atoms with Crippen LogP contribution in [0.2, 0.25) is 0 Å². The van der Waals surface area contributed by atoms with Crippen molar-refractivity contribution < 1.29 is 26.2 Å². The van der Waals surface area contributed by atoms with Gasteiger partial charge in [-0.1, -0.05) is 6.92 Å². The summed E-state index contributed by atoms with van der Waals surface area (Å²) < 4.78 is 0. The van der Waals surface area contributed by atoms with Crippen LogP contribution in [0.1, 0.15) is 20.3 Å². The van der Waals surface area contributed by atoms with E-state index in [9.17, 15) is 0 Å². The van der Waals surface area contributed by atoms with Gasteiger partial charge in [0.05, 0.1) is 0 Å². The standard InChI is InChI=1S/C7H10.2C5H5.Zr/c1-3-6(2)7-4-5-7;2*1-2-4-5-3-1;/h4,7H,5H2,1-2H3;2*1-5H;/q-2;;;+2. The summed E-state index contributed by atoms with van der Waals surface area (Å²) in [4.78, 5) is 0. The fraction of sp³-hybridized carbons (Fsp3) is 0.235. The molecule has 0 nitrogen and oxygen atoms in total. The molecule has 3 aliphatic rings. The maximum Gasteiger partial charge on any atom is 2.00 e. The van der Waals surface area contributed by atoms with E-state index in [0.29, 0.717) is 0 Å². The van der Waals surface area contributed by atoms with E-state index >= 15 is 0 Å². The van der Waals surface area contributed by atoms with Crippen molar-refractivity contribution in [2.75, 3.05) is 0 Å². The van der Waals surface area contributed by atoms with Crippen LogP contribution in [0.15, 0.2) is 5.57 Å². The quantitative estimate of drug-likeness (QED) is 0.641. The van der Waals surface area contributed by atoms with Crippen molar-refractivity contribution in [2.24, 2.45) is 5.92 Å². The fourth-order valence-electron chi connectivity index (χ4n) is 1.25. The molecular weight excluding hydrogens is 295 g/mol. The number of hydrogen-bond donors (Lipinski definition) is 0. The number of allylic oxidation sites excluding steroid dienone is 2. The Morgan fingerprint density at radius 2 is 1.17 bits per heavy atom. The third kappa shape index (κ3) is 10.5. The van der Waals surface area contributed by atoms with Crippen LogP contribution in [0.25, 0.3) is 0 Å². The summed E-state index contributed by atoms with van der Waals surface area (Å²) in [5, 5.41) is 0. The van der Waals surface area contributed by atoms with E-state index in [2.05, 4.69) is 19.4 Å². The van der Waals surface area contributed by atoms with Crippen molar-refractivity contribution >= 4 is 0 Å². The zero-order valence-corrected chi connectivity index (χ0v) is 13.6. The molecule has 3 fully saturated rings. The molecule has 1 heteroatoms. The van der Waals surface area contributed by atoms with Gasteiger partial charge in [-0.3, -0.25) is 5.57 Å². The maximum absolute atomic E-state index is 3.11. The minimum atomic E-state index is 0. The molecule has 0 aromatic rings. The van der Waals surface area contributed by atoms with Crippen LogP contribution in [0, 0.1) is 82.6 Å². The molecule has 0 aromatic carbocycles. The maximum atomic E-state index is 3.11. The van der Waals surface area contributed by atoms with Gasteiger partial charge in [0.25, 0.3) is 0 Å². The van der Waals surface area contributed by atoms with Gasteiger partial charge in [0.15, 0.2) is 0 Å². The van der Waals surface area contributed by atoms with Crippen LogP contribution in [-0.2, 0) is 26.2 Å². The molecule has 0 bridgehead atoms. The van der Waals surface area contributed by atoms with Gasteiger partial charge in [0.2, 0.25) is 0 Å². The summed E-state index contributed by atoms with van der Waals surface area (Å²) in [7, 11) is 0. The Morgan fingerprint density at radius 3 is 1.28 bits per heavy atom. The molecule has 0 amide bonds. The second kappa shape index (κ2) is 12.6. The third-order valence-electron chi connectivity index (χ3n) is 2.53. The molecule has 18 heavy (non-hydrogen) atoms. The van der Waals surface area contributed by atoms with E-state index in [-0.39, 0.29) is 26.2 Å². The minimum Gasteiger partial charge on any atom is -0.503 e. The molecule has 0 heterocycles. The second-order valence-corrected chi connectivity index (χ2v) is 3.94. The largest absolute Gasteiger partial charge is 2.00 e. The molecular formula is C17H20Zr. The Labute approximate surface area is 134 Å². The summed E-state index contributed by atoms with van der Waals surface area (Å²) in [5.74, 6) is 0.796. The summed E-state index contributed by atoms with van der Waals surface area (Å²) in [5.41, 5.74) is 1.40. The van der Waals surface area contributed by atoms with Gasteiger partial charge in [-0.05, 0) is 64.2 Å².